The molecule has 1 aromatic heterocycles. The van der Waals surface area contributed by atoms with Crippen LogP contribution in [0.1, 0.15) is 28.6 Å². The number of halogens is 1. The fourth-order valence-electron chi connectivity index (χ4n) is 3.03. The van der Waals surface area contributed by atoms with Gasteiger partial charge in [0.05, 0.1) is 18.6 Å². The van der Waals surface area contributed by atoms with Crippen LogP contribution in [0.5, 0.6) is 5.75 Å². The van der Waals surface area contributed by atoms with E-state index in [0.29, 0.717) is 27.8 Å². The summed E-state index contributed by atoms with van der Waals surface area (Å²) in [5.74, 6) is -0.499. The summed E-state index contributed by atoms with van der Waals surface area (Å²) in [7, 11) is -2.38. The minimum atomic E-state index is -3.85. The van der Waals surface area contributed by atoms with Crippen molar-refractivity contribution in [2.45, 2.75) is 25.2 Å². The first kappa shape index (κ1) is 21.8. The summed E-state index contributed by atoms with van der Waals surface area (Å²) in [6.07, 6.45) is 0.155. The van der Waals surface area contributed by atoms with Crippen molar-refractivity contribution in [3.63, 3.8) is 0 Å². The first-order chi connectivity index (χ1) is 14.3. The van der Waals surface area contributed by atoms with Crippen LogP contribution >= 0.6 is 0 Å². The molecule has 1 N–H and O–H groups in total. The average Bonchev–Trinajstić information content (AvgIpc) is 3.05. The highest BCUT2D eigenvalue weighted by Crippen LogP contribution is 2.28. The van der Waals surface area contributed by atoms with E-state index < -0.39 is 21.8 Å². The van der Waals surface area contributed by atoms with Crippen molar-refractivity contribution in [3.8, 4) is 5.75 Å². The largest absolute Gasteiger partial charge is 0.497 e. The zero-order valence-corrected chi connectivity index (χ0v) is 17.6. The number of carbonyl (C=O) groups is 1. The summed E-state index contributed by atoms with van der Waals surface area (Å²) in [4.78, 5) is 12.0. The van der Waals surface area contributed by atoms with Crippen LogP contribution in [0.2, 0.25) is 0 Å². The minimum absolute atomic E-state index is 0.00288. The second-order valence-corrected chi connectivity index (χ2v) is 8.31. The van der Waals surface area contributed by atoms with Crippen LogP contribution < -0.4 is 9.46 Å². The molecule has 0 aliphatic carbocycles. The molecule has 3 rings (SSSR count). The number of hydrogen-bond donors (Lipinski definition) is 1. The monoisotopic (exact) mass is 435 g/mol. The number of ether oxygens (including phenoxy) is 2. The Balaban J connectivity index is 1.79. The standard InChI is InChI=1S/C21H22FNO6S/c1-4-28-21(24)20-13(2)17-12-16(6-8-19(17)29-20)30(25,26)23-10-9-14-11-15(27-3)5-7-18(14)22/h5-8,11-12,23H,4,9-10H2,1-3H3. The molecular formula is C21H22FNO6S. The number of benzene rings is 2. The predicted molar refractivity (Wildman–Crippen MR) is 109 cm³/mol. The van der Waals surface area contributed by atoms with E-state index in [2.05, 4.69) is 4.72 Å². The van der Waals surface area contributed by atoms with Gasteiger partial charge in [-0.3, -0.25) is 0 Å². The summed E-state index contributed by atoms with van der Waals surface area (Å²) < 4.78 is 57.3. The lowest BCUT2D eigenvalue weighted by Crippen LogP contribution is -2.26. The van der Waals surface area contributed by atoms with Gasteiger partial charge < -0.3 is 13.9 Å². The molecule has 0 unspecified atom stereocenters. The Kier molecular flexibility index (Phi) is 6.42. The highest BCUT2D eigenvalue weighted by molar-refractivity contribution is 7.89. The fraction of sp³-hybridized carbons (Fsp3) is 0.286. The number of aryl methyl sites for hydroxylation is 1. The molecule has 0 spiro atoms. The van der Waals surface area contributed by atoms with E-state index >= 15 is 0 Å². The Morgan fingerprint density at radius 1 is 1.20 bits per heavy atom. The second-order valence-electron chi connectivity index (χ2n) is 6.54. The summed E-state index contributed by atoms with van der Waals surface area (Å²) in [5, 5.41) is 0.500. The van der Waals surface area contributed by atoms with Gasteiger partial charge in [0, 0.05) is 17.5 Å². The number of rotatable bonds is 8. The van der Waals surface area contributed by atoms with E-state index in [4.69, 9.17) is 13.9 Å². The molecule has 30 heavy (non-hydrogen) atoms. The molecule has 0 radical (unpaired) electrons. The van der Waals surface area contributed by atoms with Crippen molar-refractivity contribution in [2.24, 2.45) is 0 Å². The van der Waals surface area contributed by atoms with Crippen molar-refractivity contribution in [3.05, 3.63) is 59.1 Å². The third-order valence-corrected chi connectivity index (χ3v) is 6.08. The Morgan fingerprint density at radius 3 is 2.67 bits per heavy atom. The lowest BCUT2D eigenvalue weighted by Gasteiger charge is -2.09. The number of furan rings is 1. The van der Waals surface area contributed by atoms with Crippen molar-refractivity contribution in [2.75, 3.05) is 20.3 Å². The highest BCUT2D eigenvalue weighted by atomic mass is 32.2. The van der Waals surface area contributed by atoms with Crippen LogP contribution in [-0.4, -0.2) is 34.6 Å². The van der Waals surface area contributed by atoms with Crippen LogP contribution in [0.25, 0.3) is 11.0 Å². The zero-order valence-electron chi connectivity index (χ0n) is 16.8. The molecule has 7 nitrogen and oxygen atoms in total. The minimum Gasteiger partial charge on any atom is -0.497 e. The van der Waals surface area contributed by atoms with Crippen molar-refractivity contribution in [1.82, 2.24) is 4.72 Å². The molecule has 0 fully saturated rings. The van der Waals surface area contributed by atoms with Gasteiger partial charge in [0.25, 0.3) is 0 Å². The number of nitrogens with one attached hydrogen (secondary N) is 1. The molecule has 0 saturated heterocycles. The molecule has 0 saturated carbocycles. The number of sulfonamides is 1. The lowest BCUT2D eigenvalue weighted by atomic mass is 10.1. The van der Waals surface area contributed by atoms with E-state index in [0.717, 1.165) is 0 Å². The van der Waals surface area contributed by atoms with E-state index in [1.807, 2.05) is 0 Å². The number of esters is 1. The predicted octanol–water partition coefficient (Wildman–Crippen LogP) is 3.59. The van der Waals surface area contributed by atoms with Crippen LogP contribution in [0.15, 0.2) is 45.7 Å². The Bertz CT molecular complexity index is 1190. The molecule has 0 aliphatic rings. The van der Waals surface area contributed by atoms with E-state index in [1.54, 1.807) is 13.8 Å². The SMILES string of the molecule is CCOC(=O)c1oc2ccc(S(=O)(=O)NCCc3cc(OC)ccc3F)cc2c1C. The third kappa shape index (κ3) is 4.47. The van der Waals surface area contributed by atoms with Crippen molar-refractivity contribution >= 4 is 27.0 Å². The summed E-state index contributed by atoms with van der Waals surface area (Å²) in [5.41, 5.74) is 1.23. The van der Waals surface area contributed by atoms with Crippen LogP contribution in [-0.2, 0) is 21.2 Å². The van der Waals surface area contributed by atoms with Gasteiger partial charge in [-0.25, -0.2) is 22.3 Å². The van der Waals surface area contributed by atoms with Gasteiger partial charge in [-0.15, -0.1) is 0 Å². The van der Waals surface area contributed by atoms with E-state index in [1.165, 1.54) is 43.5 Å². The molecule has 0 amide bonds. The second kappa shape index (κ2) is 8.85. The van der Waals surface area contributed by atoms with Gasteiger partial charge in [0.1, 0.15) is 17.1 Å². The van der Waals surface area contributed by atoms with Gasteiger partial charge in [-0.2, -0.15) is 0 Å². The third-order valence-electron chi connectivity index (χ3n) is 4.62. The number of carbonyl (C=O) groups excluding carboxylic acids is 1. The van der Waals surface area contributed by atoms with Crippen molar-refractivity contribution < 1.29 is 31.5 Å². The normalized spacial score (nSPS) is 11.6. The fourth-order valence-corrected chi connectivity index (χ4v) is 4.09. The first-order valence-corrected chi connectivity index (χ1v) is 10.8. The molecule has 3 aromatic rings. The Morgan fingerprint density at radius 2 is 1.97 bits per heavy atom. The molecule has 0 bridgehead atoms. The van der Waals surface area contributed by atoms with E-state index in [9.17, 15) is 17.6 Å². The molecule has 0 atom stereocenters. The van der Waals surface area contributed by atoms with Crippen molar-refractivity contribution in [1.29, 1.82) is 0 Å². The van der Waals surface area contributed by atoms with Gasteiger partial charge in [0.15, 0.2) is 0 Å². The topological polar surface area (TPSA) is 94.8 Å². The van der Waals surface area contributed by atoms with Gasteiger partial charge in [-0.05, 0) is 62.2 Å². The molecule has 0 aliphatic heterocycles. The van der Waals surface area contributed by atoms with Crippen LogP contribution in [0.3, 0.4) is 0 Å². The zero-order chi connectivity index (χ0) is 21.9. The molecule has 1 heterocycles. The number of methoxy groups -OCH3 is 1. The van der Waals surface area contributed by atoms with Gasteiger partial charge in [0.2, 0.25) is 15.8 Å². The molecule has 9 heteroatoms. The molecule has 160 valence electrons. The number of hydrogen-bond acceptors (Lipinski definition) is 6. The maximum Gasteiger partial charge on any atom is 0.374 e. The Labute approximate surface area is 173 Å². The average molecular weight is 435 g/mol. The first-order valence-electron chi connectivity index (χ1n) is 9.29. The van der Waals surface area contributed by atoms with E-state index in [-0.39, 0.29) is 30.2 Å². The summed E-state index contributed by atoms with van der Waals surface area (Å²) in [6, 6.07) is 8.61. The smallest absolute Gasteiger partial charge is 0.374 e. The van der Waals surface area contributed by atoms with Crippen LogP contribution in [0.4, 0.5) is 4.39 Å². The quantitative estimate of drug-likeness (QED) is 0.544. The molecular weight excluding hydrogens is 413 g/mol. The van der Waals surface area contributed by atoms with Gasteiger partial charge in [-0.1, -0.05) is 0 Å². The highest BCUT2D eigenvalue weighted by Gasteiger charge is 2.21. The lowest BCUT2D eigenvalue weighted by molar-refractivity contribution is 0.0491. The Hall–Kier alpha value is -2.91. The summed E-state index contributed by atoms with van der Waals surface area (Å²) >= 11 is 0. The molecule has 2 aromatic carbocycles. The van der Waals surface area contributed by atoms with Crippen LogP contribution in [0, 0.1) is 12.7 Å². The van der Waals surface area contributed by atoms with Gasteiger partial charge >= 0.3 is 5.97 Å². The number of fused-ring (bicyclic) bond motifs is 1. The summed E-state index contributed by atoms with van der Waals surface area (Å²) in [6.45, 7) is 3.55. The maximum absolute atomic E-state index is 13.9. The maximum atomic E-state index is 13.9.